The van der Waals surface area contributed by atoms with Crippen molar-refractivity contribution in [3.05, 3.63) is 29.6 Å². The molecule has 0 unspecified atom stereocenters. The molecule has 0 atom stereocenters. The van der Waals surface area contributed by atoms with Gasteiger partial charge >= 0.3 is 6.03 Å². The van der Waals surface area contributed by atoms with Crippen molar-refractivity contribution in [3.8, 4) is 0 Å². The first-order chi connectivity index (χ1) is 9.32. The van der Waals surface area contributed by atoms with Crippen LogP contribution in [0, 0.1) is 13.8 Å². The number of carbonyl (C=O) groups excluding carboxylic acids is 1. The number of imidazole rings is 1. The van der Waals surface area contributed by atoms with Crippen LogP contribution in [0.25, 0.3) is 11.0 Å². The average molecular weight is 273 g/mol. The Hall–Kier alpha value is -1.84. The van der Waals surface area contributed by atoms with E-state index in [-0.39, 0.29) is 18.1 Å². The summed E-state index contributed by atoms with van der Waals surface area (Å²) in [6, 6.07) is 4.37. The Bertz CT molecular complexity index is 632. The molecule has 0 radical (unpaired) electrons. The predicted molar refractivity (Wildman–Crippen MR) is 82.1 cm³/mol. The fraction of sp³-hybridized carbons (Fsp3) is 0.500. The molecule has 0 saturated heterocycles. The lowest BCUT2D eigenvalue weighted by molar-refractivity contribution is 0.167. The minimum atomic E-state index is -0.0132. The lowest BCUT2D eigenvalue weighted by Gasteiger charge is -2.30. The van der Waals surface area contributed by atoms with Crippen LogP contribution >= 0.6 is 0 Å². The van der Waals surface area contributed by atoms with E-state index in [2.05, 4.69) is 18.8 Å². The SMILES string of the molecule is Cc1cc2ncn(C(=O)N(C(C)C)C(C)C)c2cc1C. The number of carbonyl (C=O) groups is 1. The Labute approximate surface area is 120 Å². The van der Waals surface area contributed by atoms with Crippen molar-refractivity contribution in [1.29, 1.82) is 0 Å². The highest BCUT2D eigenvalue weighted by atomic mass is 16.2. The van der Waals surface area contributed by atoms with Crippen LogP contribution in [-0.4, -0.2) is 32.6 Å². The van der Waals surface area contributed by atoms with Crippen LogP contribution in [0.5, 0.6) is 0 Å². The number of aryl methyl sites for hydroxylation is 2. The topological polar surface area (TPSA) is 38.1 Å². The standard InChI is InChI=1S/C16H23N3O/c1-10(2)19(11(3)4)16(20)18-9-17-14-7-12(5)13(6)8-15(14)18/h7-11H,1-6H3. The van der Waals surface area contributed by atoms with Gasteiger partial charge < -0.3 is 4.90 Å². The molecule has 2 aromatic rings. The van der Waals surface area contributed by atoms with E-state index in [0.29, 0.717) is 0 Å². The van der Waals surface area contributed by atoms with E-state index < -0.39 is 0 Å². The van der Waals surface area contributed by atoms with Crippen molar-refractivity contribution in [2.45, 2.75) is 53.6 Å². The van der Waals surface area contributed by atoms with E-state index in [1.807, 2.05) is 44.7 Å². The zero-order valence-corrected chi connectivity index (χ0v) is 13.1. The fourth-order valence-corrected chi connectivity index (χ4v) is 2.58. The molecule has 0 fully saturated rings. The molecule has 0 bridgehead atoms. The molecule has 1 heterocycles. The second kappa shape index (κ2) is 5.27. The van der Waals surface area contributed by atoms with Gasteiger partial charge in [0.2, 0.25) is 0 Å². The number of aromatic nitrogens is 2. The van der Waals surface area contributed by atoms with Crippen molar-refractivity contribution in [2.75, 3.05) is 0 Å². The molecule has 20 heavy (non-hydrogen) atoms. The lowest BCUT2D eigenvalue weighted by Crippen LogP contribution is -2.44. The van der Waals surface area contributed by atoms with Gasteiger partial charge in [0.05, 0.1) is 11.0 Å². The number of hydrogen-bond acceptors (Lipinski definition) is 2. The second-order valence-corrected chi connectivity index (χ2v) is 5.92. The highest BCUT2D eigenvalue weighted by molar-refractivity contribution is 5.90. The minimum Gasteiger partial charge on any atom is -0.319 e. The molecular weight excluding hydrogens is 250 g/mol. The Kier molecular flexibility index (Phi) is 3.84. The summed E-state index contributed by atoms with van der Waals surface area (Å²) in [4.78, 5) is 19.0. The molecule has 0 aliphatic rings. The number of benzene rings is 1. The van der Waals surface area contributed by atoms with Gasteiger partial charge in [0.1, 0.15) is 6.33 Å². The van der Waals surface area contributed by atoms with E-state index >= 15 is 0 Å². The van der Waals surface area contributed by atoms with Crippen LogP contribution in [0.15, 0.2) is 18.5 Å². The summed E-state index contributed by atoms with van der Waals surface area (Å²) in [5.74, 6) is 0. The highest BCUT2D eigenvalue weighted by Gasteiger charge is 2.23. The van der Waals surface area contributed by atoms with Crippen molar-refractivity contribution < 1.29 is 4.79 Å². The van der Waals surface area contributed by atoms with E-state index in [0.717, 1.165) is 11.0 Å². The molecule has 0 spiro atoms. The van der Waals surface area contributed by atoms with Crippen molar-refractivity contribution >= 4 is 17.1 Å². The van der Waals surface area contributed by atoms with Crippen molar-refractivity contribution in [2.24, 2.45) is 0 Å². The first-order valence-electron chi connectivity index (χ1n) is 7.10. The summed E-state index contributed by atoms with van der Waals surface area (Å²) in [6.07, 6.45) is 1.63. The van der Waals surface area contributed by atoms with Crippen LogP contribution in [0.3, 0.4) is 0 Å². The summed E-state index contributed by atoms with van der Waals surface area (Å²) in [5.41, 5.74) is 4.12. The summed E-state index contributed by atoms with van der Waals surface area (Å²) in [6.45, 7) is 12.3. The number of rotatable bonds is 2. The van der Waals surface area contributed by atoms with Gasteiger partial charge in [0, 0.05) is 12.1 Å². The predicted octanol–water partition coefficient (Wildman–Crippen LogP) is 3.74. The van der Waals surface area contributed by atoms with Gasteiger partial charge in [-0.2, -0.15) is 0 Å². The van der Waals surface area contributed by atoms with Gasteiger partial charge in [0.15, 0.2) is 0 Å². The Morgan fingerprint density at radius 3 is 2.20 bits per heavy atom. The molecule has 1 aromatic heterocycles. The van der Waals surface area contributed by atoms with Crippen LogP contribution in [-0.2, 0) is 0 Å². The van der Waals surface area contributed by atoms with Gasteiger partial charge in [-0.25, -0.2) is 9.78 Å². The first-order valence-corrected chi connectivity index (χ1v) is 7.10. The third kappa shape index (κ3) is 2.42. The number of amides is 1. The van der Waals surface area contributed by atoms with Gasteiger partial charge in [-0.1, -0.05) is 0 Å². The number of nitrogens with zero attached hydrogens (tertiary/aromatic N) is 3. The summed E-state index contributed by atoms with van der Waals surface area (Å²) in [5, 5.41) is 0. The molecule has 0 aliphatic carbocycles. The smallest absolute Gasteiger partial charge is 0.319 e. The molecule has 0 saturated carbocycles. The van der Waals surface area contributed by atoms with Gasteiger partial charge in [-0.3, -0.25) is 4.57 Å². The maximum absolute atomic E-state index is 12.7. The Morgan fingerprint density at radius 2 is 1.65 bits per heavy atom. The lowest BCUT2D eigenvalue weighted by atomic mass is 10.1. The molecule has 2 rings (SSSR count). The van der Waals surface area contributed by atoms with E-state index in [1.165, 1.54) is 11.1 Å². The molecule has 0 N–H and O–H groups in total. The van der Waals surface area contributed by atoms with Gasteiger partial charge in [-0.05, 0) is 64.8 Å². The Morgan fingerprint density at radius 1 is 1.10 bits per heavy atom. The van der Waals surface area contributed by atoms with Crippen LogP contribution in [0.4, 0.5) is 4.79 Å². The number of hydrogen-bond donors (Lipinski definition) is 0. The maximum atomic E-state index is 12.7. The minimum absolute atomic E-state index is 0.0132. The molecule has 0 aliphatic heterocycles. The first kappa shape index (κ1) is 14.6. The monoisotopic (exact) mass is 273 g/mol. The third-order valence-electron chi connectivity index (χ3n) is 3.70. The van der Waals surface area contributed by atoms with E-state index in [4.69, 9.17) is 0 Å². The summed E-state index contributed by atoms with van der Waals surface area (Å²) >= 11 is 0. The zero-order chi connectivity index (χ0) is 15.0. The van der Waals surface area contributed by atoms with Crippen molar-refractivity contribution in [3.63, 3.8) is 0 Å². The molecule has 4 heteroatoms. The quantitative estimate of drug-likeness (QED) is 0.836. The Balaban J connectivity index is 2.52. The van der Waals surface area contributed by atoms with Crippen LogP contribution in [0.2, 0.25) is 0 Å². The molecule has 1 aromatic carbocycles. The summed E-state index contributed by atoms with van der Waals surface area (Å²) < 4.78 is 1.65. The second-order valence-electron chi connectivity index (χ2n) is 5.92. The summed E-state index contributed by atoms with van der Waals surface area (Å²) in [7, 11) is 0. The number of fused-ring (bicyclic) bond motifs is 1. The molecule has 1 amide bonds. The molecule has 4 nitrogen and oxygen atoms in total. The molecule has 108 valence electrons. The largest absolute Gasteiger partial charge is 0.330 e. The average Bonchev–Trinajstić information content (AvgIpc) is 2.71. The van der Waals surface area contributed by atoms with Crippen LogP contribution in [0.1, 0.15) is 38.8 Å². The maximum Gasteiger partial charge on any atom is 0.330 e. The zero-order valence-electron chi connectivity index (χ0n) is 13.1. The normalized spacial score (nSPS) is 11.6. The highest BCUT2D eigenvalue weighted by Crippen LogP contribution is 2.20. The molecular formula is C16H23N3O. The van der Waals surface area contributed by atoms with Gasteiger partial charge in [0.25, 0.3) is 0 Å². The third-order valence-corrected chi connectivity index (χ3v) is 3.70. The van der Waals surface area contributed by atoms with E-state index in [9.17, 15) is 4.79 Å². The van der Waals surface area contributed by atoms with Crippen molar-refractivity contribution in [1.82, 2.24) is 14.5 Å². The van der Waals surface area contributed by atoms with Gasteiger partial charge in [-0.15, -0.1) is 0 Å². The fourth-order valence-electron chi connectivity index (χ4n) is 2.58. The van der Waals surface area contributed by atoms with E-state index in [1.54, 1.807) is 10.9 Å². The van der Waals surface area contributed by atoms with Crippen LogP contribution < -0.4 is 0 Å².